The van der Waals surface area contributed by atoms with Crippen molar-refractivity contribution in [2.24, 2.45) is 0 Å². The molecular weight excluding hydrogens is 202 g/mol. The van der Waals surface area contributed by atoms with E-state index in [4.69, 9.17) is 4.74 Å². The average molecular weight is 219 g/mol. The molecule has 0 aliphatic heterocycles. The van der Waals surface area contributed by atoms with E-state index in [1.165, 1.54) is 6.42 Å². The van der Waals surface area contributed by atoms with Gasteiger partial charge in [0.05, 0.1) is 12.8 Å². The predicted octanol–water partition coefficient (Wildman–Crippen LogP) is 2.47. The number of hydrogen-bond donors (Lipinski definition) is 0. The first-order valence-electron chi connectivity index (χ1n) is 5.81. The van der Waals surface area contributed by atoms with Crippen molar-refractivity contribution in [2.45, 2.75) is 33.1 Å². The molecule has 0 bridgehead atoms. The molecule has 0 saturated heterocycles. The van der Waals surface area contributed by atoms with E-state index < -0.39 is 0 Å². The van der Waals surface area contributed by atoms with Gasteiger partial charge >= 0.3 is 0 Å². The Morgan fingerprint density at radius 2 is 2.25 bits per heavy atom. The lowest BCUT2D eigenvalue weighted by atomic mass is 10.2. The maximum Gasteiger partial charge on any atom is 0.218 e. The van der Waals surface area contributed by atoms with Gasteiger partial charge in [-0.1, -0.05) is 13.3 Å². The number of fused-ring (bicyclic) bond motifs is 1. The normalized spacial score (nSPS) is 10.9. The van der Waals surface area contributed by atoms with Gasteiger partial charge in [0.25, 0.3) is 0 Å². The van der Waals surface area contributed by atoms with Crippen molar-refractivity contribution in [2.75, 3.05) is 6.61 Å². The molecule has 2 aromatic rings. The molecule has 4 nitrogen and oxygen atoms in total. The molecule has 0 saturated carbocycles. The highest BCUT2D eigenvalue weighted by Crippen LogP contribution is 2.16. The van der Waals surface area contributed by atoms with Gasteiger partial charge in [0.2, 0.25) is 5.88 Å². The van der Waals surface area contributed by atoms with Crippen LogP contribution in [-0.2, 0) is 6.42 Å². The van der Waals surface area contributed by atoms with Crippen molar-refractivity contribution in [3.05, 3.63) is 24.0 Å². The molecular formula is C12H17N3O. The summed E-state index contributed by atoms with van der Waals surface area (Å²) in [6.45, 7) is 4.80. The first-order valence-corrected chi connectivity index (χ1v) is 5.81. The zero-order chi connectivity index (χ0) is 11.4. The van der Waals surface area contributed by atoms with Crippen molar-refractivity contribution in [1.82, 2.24) is 14.6 Å². The minimum Gasteiger partial charge on any atom is -0.478 e. The van der Waals surface area contributed by atoms with Gasteiger partial charge < -0.3 is 4.74 Å². The molecule has 0 spiro atoms. The van der Waals surface area contributed by atoms with Crippen LogP contribution in [0.2, 0.25) is 0 Å². The highest BCUT2D eigenvalue weighted by molar-refractivity contribution is 5.40. The third-order valence-electron chi connectivity index (χ3n) is 2.46. The highest BCUT2D eigenvalue weighted by atomic mass is 16.5. The SMILES string of the molecule is CCCCc1cc(OCC)n2nccc2n1. The average Bonchev–Trinajstić information content (AvgIpc) is 2.75. The monoisotopic (exact) mass is 219 g/mol. The van der Waals surface area contributed by atoms with E-state index in [1.54, 1.807) is 10.7 Å². The lowest BCUT2D eigenvalue weighted by molar-refractivity contribution is 0.316. The molecule has 0 unspecified atom stereocenters. The summed E-state index contributed by atoms with van der Waals surface area (Å²) in [5.41, 5.74) is 1.94. The summed E-state index contributed by atoms with van der Waals surface area (Å²) in [4.78, 5) is 4.54. The standard InChI is InChI=1S/C12H17N3O/c1-3-5-6-10-9-12(16-4-2)15-11(14-10)7-8-13-15/h7-9H,3-6H2,1-2H3. The second-order valence-corrected chi connectivity index (χ2v) is 3.72. The summed E-state index contributed by atoms with van der Waals surface area (Å²) in [6, 6.07) is 3.89. The van der Waals surface area contributed by atoms with Crippen LogP contribution in [0, 0.1) is 0 Å². The van der Waals surface area contributed by atoms with Gasteiger partial charge in [0.1, 0.15) is 0 Å². The van der Waals surface area contributed by atoms with Crippen molar-refractivity contribution in [1.29, 1.82) is 0 Å². The van der Waals surface area contributed by atoms with Crippen molar-refractivity contribution in [3.63, 3.8) is 0 Å². The molecule has 0 aliphatic rings. The molecule has 4 heteroatoms. The Hall–Kier alpha value is -1.58. The number of rotatable bonds is 5. The molecule has 0 aliphatic carbocycles. The molecule has 0 fully saturated rings. The smallest absolute Gasteiger partial charge is 0.218 e. The van der Waals surface area contributed by atoms with Crippen LogP contribution in [0.4, 0.5) is 0 Å². The maximum absolute atomic E-state index is 5.56. The largest absolute Gasteiger partial charge is 0.478 e. The summed E-state index contributed by atoms with van der Waals surface area (Å²) >= 11 is 0. The summed E-state index contributed by atoms with van der Waals surface area (Å²) in [7, 11) is 0. The van der Waals surface area contributed by atoms with E-state index in [0.29, 0.717) is 6.61 Å². The molecule has 86 valence electrons. The van der Waals surface area contributed by atoms with E-state index in [0.717, 1.165) is 30.1 Å². The van der Waals surface area contributed by atoms with Gasteiger partial charge in [-0.15, -0.1) is 0 Å². The number of ether oxygens (including phenoxy) is 1. The Morgan fingerprint density at radius 1 is 1.38 bits per heavy atom. The molecule has 0 N–H and O–H groups in total. The maximum atomic E-state index is 5.56. The molecule has 2 heterocycles. The molecule has 0 radical (unpaired) electrons. The van der Waals surface area contributed by atoms with Crippen LogP contribution >= 0.6 is 0 Å². The quantitative estimate of drug-likeness (QED) is 0.775. The first-order chi connectivity index (χ1) is 7.85. The molecule has 0 amide bonds. The number of nitrogens with zero attached hydrogens (tertiary/aromatic N) is 3. The van der Waals surface area contributed by atoms with Crippen LogP contribution in [0.1, 0.15) is 32.4 Å². The summed E-state index contributed by atoms with van der Waals surface area (Å²) < 4.78 is 7.29. The van der Waals surface area contributed by atoms with Gasteiger partial charge in [0, 0.05) is 17.8 Å². The Labute approximate surface area is 95.3 Å². The van der Waals surface area contributed by atoms with E-state index in [1.807, 2.05) is 19.1 Å². The zero-order valence-electron chi connectivity index (χ0n) is 9.81. The number of aromatic nitrogens is 3. The Kier molecular flexibility index (Phi) is 3.39. The van der Waals surface area contributed by atoms with E-state index in [-0.39, 0.29) is 0 Å². The third-order valence-corrected chi connectivity index (χ3v) is 2.46. The zero-order valence-corrected chi connectivity index (χ0v) is 9.81. The predicted molar refractivity (Wildman–Crippen MR) is 62.8 cm³/mol. The molecule has 0 aromatic carbocycles. The van der Waals surface area contributed by atoms with Crippen LogP contribution in [0.15, 0.2) is 18.3 Å². The van der Waals surface area contributed by atoms with Crippen LogP contribution in [-0.4, -0.2) is 21.2 Å². The van der Waals surface area contributed by atoms with Gasteiger partial charge in [-0.25, -0.2) is 4.98 Å². The second-order valence-electron chi connectivity index (χ2n) is 3.72. The fourth-order valence-corrected chi connectivity index (χ4v) is 1.67. The van der Waals surface area contributed by atoms with Crippen molar-refractivity contribution in [3.8, 4) is 5.88 Å². The minimum absolute atomic E-state index is 0.645. The van der Waals surface area contributed by atoms with Crippen LogP contribution in [0.5, 0.6) is 5.88 Å². The Morgan fingerprint density at radius 3 is 3.00 bits per heavy atom. The van der Waals surface area contributed by atoms with Crippen molar-refractivity contribution >= 4 is 5.65 Å². The lowest BCUT2D eigenvalue weighted by Crippen LogP contribution is -2.03. The van der Waals surface area contributed by atoms with E-state index in [9.17, 15) is 0 Å². The topological polar surface area (TPSA) is 39.4 Å². The Bertz CT molecular complexity index is 464. The van der Waals surface area contributed by atoms with E-state index in [2.05, 4.69) is 17.0 Å². The third kappa shape index (κ3) is 2.15. The van der Waals surface area contributed by atoms with Crippen LogP contribution < -0.4 is 4.74 Å². The second kappa shape index (κ2) is 4.96. The van der Waals surface area contributed by atoms with Gasteiger partial charge in [-0.3, -0.25) is 0 Å². The minimum atomic E-state index is 0.645. The highest BCUT2D eigenvalue weighted by Gasteiger charge is 2.06. The summed E-state index contributed by atoms with van der Waals surface area (Å²) in [5, 5.41) is 4.19. The van der Waals surface area contributed by atoms with Crippen LogP contribution in [0.3, 0.4) is 0 Å². The summed E-state index contributed by atoms with van der Waals surface area (Å²) in [6.07, 6.45) is 5.08. The fraction of sp³-hybridized carbons (Fsp3) is 0.500. The van der Waals surface area contributed by atoms with Crippen LogP contribution in [0.25, 0.3) is 5.65 Å². The van der Waals surface area contributed by atoms with Crippen molar-refractivity contribution < 1.29 is 4.74 Å². The summed E-state index contributed by atoms with van der Waals surface area (Å²) in [5.74, 6) is 0.781. The Balaban J connectivity index is 2.36. The van der Waals surface area contributed by atoms with Gasteiger partial charge in [0.15, 0.2) is 5.65 Å². The molecule has 2 rings (SSSR count). The number of unbranched alkanes of at least 4 members (excludes halogenated alkanes) is 1. The molecule has 0 atom stereocenters. The molecule has 2 aromatic heterocycles. The first kappa shape index (κ1) is 10.9. The van der Waals surface area contributed by atoms with Gasteiger partial charge in [-0.2, -0.15) is 9.61 Å². The van der Waals surface area contributed by atoms with Gasteiger partial charge in [-0.05, 0) is 19.8 Å². The lowest BCUT2D eigenvalue weighted by Gasteiger charge is -2.07. The molecule has 16 heavy (non-hydrogen) atoms. The fourth-order valence-electron chi connectivity index (χ4n) is 1.67. The number of hydrogen-bond acceptors (Lipinski definition) is 3. The van der Waals surface area contributed by atoms with E-state index >= 15 is 0 Å². The number of aryl methyl sites for hydroxylation is 1.